The van der Waals surface area contributed by atoms with Gasteiger partial charge in [-0.3, -0.25) is 0 Å². The molecule has 4 heterocycles. The third-order valence-electron chi connectivity index (χ3n) is 10.7. The van der Waals surface area contributed by atoms with Crippen LogP contribution in [-0.4, -0.2) is 29.3 Å². The van der Waals surface area contributed by atoms with Crippen molar-refractivity contribution in [2.24, 2.45) is 5.92 Å². The number of hydrogen-bond donors (Lipinski definition) is 0. The Labute approximate surface area is 288 Å². The lowest BCUT2D eigenvalue weighted by atomic mass is 9.76. The third-order valence-corrected chi connectivity index (χ3v) is 10.7. The van der Waals surface area contributed by atoms with Crippen LogP contribution in [0.25, 0.3) is 11.4 Å². The summed E-state index contributed by atoms with van der Waals surface area (Å²) in [6, 6.07) is 45.6. The van der Waals surface area contributed by atoms with Gasteiger partial charge in [0.2, 0.25) is 0 Å². The minimum Gasteiger partial charge on any atom is -0.349 e. The number of fused-ring (bicyclic) bond motifs is 6. The van der Waals surface area contributed by atoms with E-state index in [9.17, 15) is 0 Å². The Balaban J connectivity index is 1.31. The zero-order valence-electron chi connectivity index (χ0n) is 28.0. The van der Waals surface area contributed by atoms with Crippen molar-refractivity contribution in [2.45, 2.75) is 32.1 Å². The molecule has 0 aliphatic carbocycles. The highest BCUT2D eigenvalue weighted by molar-refractivity contribution is 5.91. The van der Waals surface area contributed by atoms with E-state index < -0.39 is 0 Å². The monoisotopic (exact) mass is 638 g/mol. The third kappa shape index (κ3) is 4.33. The molecule has 0 saturated carbocycles. The fraction of sp³-hybridized carbons (Fsp3) is 0.163. The second-order valence-electron chi connectivity index (χ2n) is 13.3. The summed E-state index contributed by atoms with van der Waals surface area (Å²) in [7, 11) is 2.20. The molecule has 9 rings (SSSR count). The predicted octanol–water partition coefficient (Wildman–Crippen LogP) is 9.89. The summed E-state index contributed by atoms with van der Waals surface area (Å²) in [5.41, 5.74) is 11.6. The standard InChI is InChI=1S/C43H38N6/c1-5-31-33-22-12-14-24-35(33)49-41-38(27-44-40(45-41)32-21-11-9-17-28(32)2)46(4)42(49)39(31)43-47(30-19-7-6-8-20-30)36-25-15-16-26-37(36)48(43)34-23-13-10-18-29(34)3/h5-27,31,39,42-43H,1H2,2-4H3. The Kier molecular flexibility index (Phi) is 6.80. The average Bonchev–Trinajstić information content (AvgIpc) is 3.63. The van der Waals surface area contributed by atoms with Gasteiger partial charge in [0.15, 0.2) is 11.6 Å². The number of anilines is 7. The van der Waals surface area contributed by atoms with Gasteiger partial charge < -0.3 is 19.6 Å². The number of allylic oxidation sites excluding steroid dienone is 1. The van der Waals surface area contributed by atoms with E-state index in [1.54, 1.807) is 0 Å². The van der Waals surface area contributed by atoms with Crippen LogP contribution in [0.4, 0.5) is 39.9 Å². The molecule has 0 amide bonds. The number of aryl methyl sites for hydroxylation is 2. The largest absolute Gasteiger partial charge is 0.349 e. The molecule has 3 aliphatic rings. The van der Waals surface area contributed by atoms with Crippen LogP contribution in [-0.2, 0) is 0 Å². The van der Waals surface area contributed by atoms with Crippen LogP contribution < -0.4 is 19.6 Å². The van der Waals surface area contributed by atoms with Crippen LogP contribution >= 0.6 is 0 Å². The molecule has 0 bridgehead atoms. The Morgan fingerprint density at radius 3 is 1.92 bits per heavy atom. The molecule has 0 saturated heterocycles. The molecule has 0 spiro atoms. The quantitative estimate of drug-likeness (QED) is 0.175. The van der Waals surface area contributed by atoms with Gasteiger partial charge in [-0.2, -0.15) is 0 Å². The first-order valence-corrected chi connectivity index (χ1v) is 17.0. The van der Waals surface area contributed by atoms with Gasteiger partial charge in [0.1, 0.15) is 18.0 Å². The Hall–Kier alpha value is -5.88. The van der Waals surface area contributed by atoms with Crippen molar-refractivity contribution in [2.75, 3.05) is 26.6 Å². The average molecular weight is 639 g/mol. The zero-order chi connectivity index (χ0) is 33.2. The first-order valence-electron chi connectivity index (χ1n) is 17.0. The first-order chi connectivity index (χ1) is 24.1. The second-order valence-corrected chi connectivity index (χ2v) is 13.3. The van der Waals surface area contributed by atoms with Gasteiger partial charge in [0.25, 0.3) is 0 Å². The maximum Gasteiger partial charge on any atom is 0.162 e. The van der Waals surface area contributed by atoms with E-state index in [1.165, 1.54) is 28.2 Å². The molecule has 49 heavy (non-hydrogen) atoms. The van der Waals surface area contributed by atoms with E-state index in [-0.39, 0.29) is 24.2 Å². The molecule has 0 N–H and O–H groups in total. The van der Waals surface area contributed by atoms with E-state index in [0.717, 1.165) is 39.8 Å². The molecule has 1 aromatic heterocycles. The van der Waals surface area contributed by atoms with Crippen molar-refractivity contribution in [1.82, 2.24) is 9.97 Å². The molecule has 0 fully saturated rings. The second kappa shape index (κ2) is 11.4. The molecular weight excluding hydrogens is 601 g/mol. The number of hydrogen-bond acceptors (Lipinski definition) is 6. The summed E-state index contributed by atoms with van der Waals surface area (Å²) in [6.07, 6.45) is 4.00. The highest BCUT2D eigenvalue weighted by Gasteiger charge is 2.56. The van der Waals surface area contributed by atoms with Crippen molar-refractivity contribution in [3.63, 3.8) is 0 Å². The van der Waals surface area contributed by atoms with Crippen molar-refractivity contribution in [3.05, 3.63) is 163 Å². The van der Waals surface area contributed by atoms with E-state index in [0.29, 0.717) is 0 Å². The number of aromatic nitrogens is 2. The molecule has 3 aliphatic heterocycles. The van der Waals surface area contributed by atoms with Gasteiger partial charge >= 0.3 is 0 Å². The van der Waals surface area contributed by atoms with Crippen molar-refractivity contribution >= 4 is 39.9 Å². The molecule has 4 unspecified atom stereocenters. The van der Waals surface area contributed by atoms with Crippen LogP contribution in [0.15, 0.2) is 146 Å². The number of para-hydroxylation sites is 5. The predicted molar refractivity (Wildman–Crippen MR) is 202 cm³/mol. The summed E-state index contributed by atoms with van der Waals surface area (Å²) >= 11 is 0. The van der Waals surface area contributed by atoms with Gasteiger partial charge in [-0.05, 0) is 66.9 Å². The zero-order valence-corrected chi connectivity index (χ0v) is 28.0. The lowest BCUT2D eigenvalue weighted by Gasteiger charge is -2.51. The minimum atomic E-state index is -0.106. The van der Waals surface area contributed by atoms with Crippen LogP contribution in [0.2, 0.25) is 0 Å². The fourth-order valence-electron chi connectivity index (χ4n) is 8.48. The van der Waals surface area contributed by atoms with Crippen molar-refractivity contribution < 1.29 is 0 Å². The van der Waals surface area contributed by atoms with Crippen molar-refractivity contribution in [1.29, 1.82) is 0 Å². The summed E-state index contributed by atoms with van der Waals surface area (Å²) in [5, 5.41) is 0. The number of nitrogens with zero attached hydrogens (tertiary/aromatic N) is 6. The van der Waals surface area contributed by atoms with Gasteiger partial charge in [0, 0.05) is 41.5 Å². The topological polar surface area (TPSA) is 38.7 Å². The van der Waals surface area contributed by atoms with Crippen LogP contribution in [0.3, 0.4) is 0 Å². The molecule has 6 nitrogen and oxygen atoms in total. The maximum absolute atomic E-state index is 5.36. The molecule has 4 atom stereocenters. The Bertz CT molecular complexity index is 2210. The summed E-state index contributed by atoms with van der Waals surface area (Å²) < 4.78 is 0. The molecular formula is C43H38N6. The molecule has 5 aromatic carbocycles. The fourth-order valence-corrected chi connectivity index (χ4v) is 8.48. The van der Waals surface area contributed by atoms with Crippen LogP contribution in [0, 0.1) is 19.8 Å². The van der Waals surface area contributed by atoms with Crippen molar-refractivity contribution in [3.8, 4) is 11.4 Å². The van der Waals surface area contributed by atoms with Gasteiger partial charge in [-0.25, -0.2) is 9.97 Å². The van der Waals surface area contributed by atoms with Crippen LogP contribution in [0.1, 0.15) is 22.6 Å². The van der Waals surface area contributed by atoms with E-state index in [2.05, 4.69) is 181 Å². The Morgan fingerprint density at radius 1 is 0.592 bits per heavy atom. The maximum atomic E-state index is 5.36. The normalized spacial score (nSPS) is 20.5. The molecule has 0 radical (unpaired) electrons. The van der Waals surface area contributed by atoms with E-state index >= 15 is 0 Å². The minimum absolute atomic E-state index is 0.0146. The van der Waals surface area contributed by atoms with Crippen LogP contribution in [0.5, 0.6) is 0 Å². The summed E-state index contributed by atoms with van der Waals surface area (Å²) in [6.45, 7) is 8.86. The molecule has 240 valence electrons. The highest BCUT2D eigenvalue weighted by atomic mass is 15.5. The van der Waals surface area contributed by atoms with E-state index in [4.69, 9.17) is 9.97 Å². The SMILES string of the molecule is C=CC1c2ccccc2N2c3nc(-c4ccccc4C)ncc3N(C)C2C1C1N(c2ccccc2)c2ccccc2N1c1ccccc1C. The lowest BCUT2D eigenvalue weighted by molar-refractivity contribution is 0.315. The smallest absolute Gasteiger partial charge is 0.162 e. The van der Waals surface area contributed by atoms with E-state index in [1.807, 2.05) is 6.20 Å². The van der Waals surface area contributed by atoms with Gasteiger partial charge in [-0.1, -0.05) is 97.1 Å². The highest BCUT2D eigenvalue weighted by Crippen LogP contribution is 2.59. The number of benzene rings is 5. The lowest BCUT2D eigenvalue weighted by Crippen LogP contribution is -2.59. The summed E-state index contributed by atoms with van der Waals surface area (Å²) in [5.74, 6) is 1.73. The molecule has 6 heteroatoms. The number of rotatable bonds is 5. The summed E-state index contributed by atoms with van der Waals surface area (Å²) in [4.78, 5) is 20.3. The Morgan fingerprint density at radius 2 is 1.20 bits per heavy atom. The molecule has 6 aromatic rings. The van der Waals surface area contributed by atoms with Gasteiger partial charge in [0.05, 0.1) is 17.6 Å². The first kappa shape index (κ1) is 29.3. The van der Waals surface area contributed by atoms with Gasteiger partial charge in [-0.15, -0.1) is 6.58 Å².